The van der Waals surface area contributed by atoms with Crippen LogP contribution in [0.15, 0.2) is 0 Å². The second-order valence-corrected chi connectivity index (χ2v) is 36.2. The van der Waals surface area contributed by atoms with E-state index in [-0.39, 0.29) is 25.7 Å². The van der Waals surface area contributed by atoms with Gasteiger partial charge in [0.2, 0.25) is 0 Å². The van der Waals surface area contributed by atoms with Gasteiger partial charge in [0, 0.05) is 25.7 Å². The fraction of sp³-hybridized carbons (Fsp3) is 0.956. The molecule has 0 heterocycles. The molecule has 0 aromatic carbocycles. The van der Waals surface area contributed by atoms with Crippen molar-refractivity contribution in [3.63, 3.8) is 0 Å². The molecule has 0 saturated heterocycles. The lowest BCUT2D eigenvalue weighted by molar-refractivity contribution is -0.161. The molecule has 17 nitrogen and oxygen atoms in total. The zero-order valence-electron chi connectivity index (χ0n) is 72.0. The molecule has 0 bridgehead atoms. The number of unbranched alkanes of at least 4 members (excludes halogenated alkanes) is 54. The molecule has 0 aliphatic rings. The summed E-state index contributed by atoms with van der Waals surface area (Å²) in [4.78, 5) is 73.4. The van der Waals surface area contributed by atoms with Crippen molar-refractivity contribution in [2.45, 2.75) is 497 Å². The summed E-state index contributed by atoms with van der Waals surface area (Å²) in [5.74, 6) is 0.287. The average Bonchev–Trinajstić information content (AvgIpc) is 0.894. The quantitative estimate of drug-likeness (QED) is 0.0222. The highest BCUT2D eigenvalue weighted by Crippen LogP contribution is 2.45. The lowest BCUT2D eigenvalue weighted by Gasteiger charge is -2.21. The Bertz CT molecular complexity index is 2100. The maximum absolute atomic E-state index is 13.2. The number of aliphatic hydroxyl groups is 1. The first-order valence-corrected chi connectivity index (χ1v) is 49.4. The standard InChI is InChI=1S/C90H176O17P2/c1-8-11-12-13-14-15-16-17-18-19-20-21-22-23-24-29-35-40-45-50-59-66-73-89(94)106-85(77-100-87(92)71-64-57-49-44-39-34-28-26-25-27-32-37-42-47-54-61-68-81(4)5)79-104-108(96,97)102-75-84(91)76-103-109(98,99)105-80-86(78-101-88(93)72-65-58-53-52-56-63-70-83(7)10-3)107-90(95)74-67-60-51-46-41-36-31-30-33-38-43-48-55-62-69-82(6)9-2/h81-86,91H,8-80H2,1-7H3,(H,96,97)(H,98,99)/t82?,83?,84-,85-,86-/m1/s1. The minimum atomic E-state index is -4.97. The third kappa shape index (κ3) is 81.0. The number of aliphatic hydroxyl groups excluding tert-OH is 1. The summed E-state index contributed by atoms with van der Waals surface area (Å²) in [5, 5.41) is 10.7. The van der Waals surface area contributed by atoms with E-state index in [2.05, 4.69) is 48.5 Å². The topological polar surface area (TPSA) is 237 Å². The molecule has 19 heteroatoms. The van der Waals surface area contributed by atoms with Crippen LogP contribution < -0.4 is 0 Å². The first kappa shape index (κ1) is 107. The van der Waals surface area contributed by atoms with E-state index in [1.54, 1.807) is 0 Å². The van der Waals surface area contributed by atoms with Gasteiger partial charge in [0.15, 0.2) is 12.2 Å². The van der Waals surface area contributed by atoms with Crippen LogP contribution in [0.3, 0.4) is 0 Å². The van der Waals surface area contributed by atoms with E-state index < -0.39 is 97.5 Å². The maximum atomic E-state index is 13.2. The van der Waals surface area contributed by atoms with Crippen molar-refractivity contribution in [1.82, 2.24) is 0 Å². The second-order valence-electron chi connectivity index (χ2n) is 33.3. The Morgan fingerprint density at radius 2 is 0.468 bits per heavy atom. The largest absolute Gasteiger partial charge is 0.472 e. The van der Waals surface area contributed by atoms with Crippen LogP contribution in [0.2, 0.25) is 0 Å². The number of carbonyl (C=O) groups excluding carboxylic acids is 4. The second kappa shape index (κ2) is 79.9. The van der Waals surface area contributed by atoms with Crippen molar-refractivity contribution in [3.8, 4) is 0 Å². The van der Waals surface area contributed by atoms with Crippen molar-refractivity contribution < 1.29 is 80.2 Å². The van der Waals surface area contributed by atoms with Gasteiger partial charge in [0.1, 0.15) is 19.3 Å². The van der Waals surface area contributed by atoms with Gasteiger partial charge in [-0.2, -0.15) is 0 Å². The van der Waals surface area contributed by atoms with Gasteiger partial charge in [-0.15, -0.1) is 0 Å². The smallest absolute Gasteiger partial charge is 0.462 e. The third-order valence-electron chi connectivity index (χ3n) is 21.9. The van der Waals surface area contributed by atoms with Gasteiger partial charge in [-0.05, 0) is 43.4 Å². The SMILES string of the molecule is CCCCCCCCCCCCCCCCCCCCCCCCC(=O)O[C@H](COC(=O)CCCCCCCCCCCCCCCCCCC(C)C)COP(=O)(O)OC[C@@H](O)COP(=O)(O)OC[C@@H](COC(=O)CCCCCCCCC(C)CC)OC(=O)CCCCCCCCCCCCCCCCC(C)CC. The molecule has 0 rings (SSSR count). The summed E-state index contributed by atoms with van der Waals surface area (Å²) in [6, 6.07) is 0. The van der Waals surface area contributed by atoms with Crippen LogP contribution in [0.1, 0.15) is 479 Å². The van der Waals surface area contributed by atoms with Crippen LogP contribution in [0.4, 0.5) is 0 Å². The molecule has 0 spiro atoms. The van der Waals surface area contributed by atoms with E-state index in [9.17, 15) is 43.2 Å². The van der Waals surface area contributed by atoms with Crippen LogP contribution in [0, 0.1) is 17.8 Å². The van der Waals surface area contributed by atoms with Gasteiger partial charge in [-0.25, -0.2) is 9.13 Å². The summed E-state index contributed by atoms with van der Waals surface area (Å²) in [7, 11) is -9.93. The van der Waals surface area contributed by atoms with Gasteiger partial charge in [0.05, 0.1) is 26.4 Å². The minimum Gasteiger partial charge on any atom is -0.462 e. The monoisotopic (exact) mass is 1590 g/mol. The van der Waals surface area contributed by atoms with Crippen LogP contribution >= 0.6 is 15.6 Å². The number of hydrogen-bond donors (Lipinski definition) is 3. The molecule has 0 aromatic heterocycles. The predicted octanol–water partition coefficient (Wildman–Crippen LogP) is 27.6. The highest BCUT2D eigenvalue weighted by atomic mass is 31.2. The van der Waals surface area contributed by atoms with E-state index in [4.69, 9.17) is 37.0 Å². The number of hydrogen-bond acceptors (Lipinski definition) is 15. The zero-order chi connectivity index (χ0) is 80.0. The van der Waals surface area contributed by atoms with E-state index in [0.29, 0.717) is 25.7 Å². The minimum absolute atomic E-state index is 0.107. The highest BCUT2D eigenvalue weighted by Gasteiger charge is 2.31. The molecule has 648 valence electrons. The van der Waals surface area contributed by atoms with Gasteiger partial charge < -0.3 is 33.8 Å². The van der Waals surface area contributed by atoms with Gasteiger partial charge in [-0.3, -0.25) is 37.3 Å². The molecule has 0 saturated carbocycles. The molecule has 109 heavy (non-hydrogen) atoms. The Balaban J connectivity index is 5.22. The van der Waals surface area contributed by atoms with Gasteiger partial charge >= 0.3 is 39.5 Å². The molecular weight excluding hydrogens is 1410 g/mol. The van der Waals surface area contributed by atoms with Crippen molar-refractivity contribution in [1.29, 1.82) is 0 Å². The number of rotatable bonds is 88. The van der Waals surface area contributed by atoms with Gasteiger partial charge in [0.25, 0.3) is 0 Å². The van der Waals surface area contributed by atoms with E-state index in [1.165, 1.54) is 283 Å². The molecule has 0 amide bonds. The summed E-state index contributed by atoms with van der Waals surface area (Å²) in [5.41, 5.74) is 0. The normalized spacial score (nSPS) is 14.3. The Morgan fingerprint density at radius 1 is 0.266 bits per heavy atom. The maximum Gasteiger partial charge on any atom is 0.472 e. The summed E-state index contributed by atoms with van der Waals surface area (Å²) in [6.45, 7) is 12.0. The Kier molecular flexibility index (Phi) is 78.5. The molecule has 7 atom stereocenters. The van der Waals surface area contributed by atoms with Crippen molar-refractivity contribution in [2.75, 3.05) is 39.6 Å². The molecule has 0 fully saturated rings. The average molecular weight is 1590 g/mol. The molecule has 0 aliphatic heterocycles. The van der Waals surface area contributed by atoms with Gasteiger partial charge in [-0.1, -0.05) is 427 Å². The number of ether oxygens (including phenoxy) is 4. The molecular formula is C90H176O17P2. The Hall–Kier alpha value is -1.94. The summed E-state index contributed by atoms with van der Waals surface area (Å²) >= 11 is 0. The summed E-state index contributed by atoms with van der Waals surface area (Å²) in [6.07, 6.45) is 72.3. The number of esters is 4. The zero-order valence-corrected chi connectivity index (χ0v) is 73.8. The van der Waals surface area contributed by atoms with Crippen LogP contribution in [0.25, 0.3) is 0 Å². The summed E-state index contributed by atoms with van der Waals surface area (Å²) < 4.78 is 69.0. The predicted molar refractivity (Wildman–Crippen MR) is 451 cm³/mol. The third-order valence-corrected chi connectivity index (χ3v) is 23.8. The van der Waals surface area contributed by atoms with Crippen LogP contribution in [0.5, 0.6) is 0 Å². The van der Waals surface area contributed by atoms with E-state index in [1.807, 2.05) is 0 Å². The molecule has 0 aromatic rings. The first-order chi connectivity index (χ1) is 52.8. The first-order valence-electron chi connectivity index (χ1n) is 46.4. The van der Waals surface area contributed by atoms with Crippen LogP contribution in [-0.2, 0) is 65.4 Å². The fourth-order valence-corrected chi connectivity index (χ4v) is 15.6. The van der Waals surface area contributed by atoms with Crippen molar-refractivity contribution >= 4 is 39.5 Å². The fourth-order valence-electron chi connectivity index (χ4n) is 14.0. The number of carbonyl (C=O) groups is 4. The molecule has 0 aliphatic carbocycles. The number of phosphoric ester groups is 2. The molecule has 4 unspecified atom stereocenters. The molecule has 0 radical (unpaired) electrons. The highest BCUT2D eigenvalue weighted by molar-refractivity contribution is 7.47. The van der Waals surface area contributed by atoms with Crippen molar-refractivity contribution in [3.05, 3.63) is 0 Å². The van der Waals surface area contributed by atoms with Crippen molar-refractivity contribution in [2.24, 2.45) is 17.8 Å². The Labute approximate surface area is 670 Å². The molecule has 3 N–H and O–H groups in total. The lowest BCUT2D eigenvalue weighted by atomic mass is 9.99. The number of phosphoric acid groups is 2. The Morgan fingerprint density at radius 3 is 0.697 bits per heavy atom. The lowest BCUT2D eigenvalue weighted by Crippen LogP contribution is -2.30. The van der Waals surface area contributed by atoms with Crippen LogP contribution in [-0.4, -0.2) is 96.7 Å². The van der Waals surface area contributed by atoms with E-state index in [0.717, 1.165) is 114 Å². The van der Waals surface area contributed by atoms with E-state index >= 15 is 0 Å².